The third-order valence-corrected chi connectivity index (χ3v) is 5.70. The highest BCUT2D eigenvalue weighted by Crippen LogP contribution is 2.34. The van der Waals surface area contributed by atoms with Gasteiger partial charge in [-0.2, -0.15) is 18.2 Å². The molecule has 6 nitrogen and oxygen atoms in total. The lowest BCUT2D eigenvalue weighted by Gasteiger charge is -2.16. The van der Waals surface area contributed by atoms with Gasteiger partial charge in [0.15, 0.2) is 0 Å². The summed E-state index contributed by atoms with van der Waals surface area (Å²) in [5.41, 5.74) is 0.982. The molecule has 9 heteroatoms. The first kappa shape index (κ1) is 20.6. The summed E-state index contributed by atoms with van der Waals surface area (Å²) in [6, 6.07) is 9.91. The number of hydrogen-bond acceptors (Lipinski definition) is 5. The molecule has 2 aromatic heterocycles. The normalized spacial score (nSPS) is 16.7. The molecular weight excluding hydrogens is 421 g/mol. The fraction of sp³-hybridized carbons (Fsp3) is 0.304. The van der Waals surface area contributed by atoms with Crippen LogP contribution in [0.4, 0.5) is 19.0 Å². The van der Waals surface area contributed by atoms with Gasteiger partial charge >= 0.3 is 6.18 Å². The average Bonchev–Trinajstić information content (AvgIpc) is 3.44. The minimum atomic E-state index is -4.39. The number of nitrogens with one attached hydrogen (secondary N) is 1. The van der Waals surface area contributed by atoms with Crippen LogP contribution in [0.15, 0.2) is 48.8 Å². The average molecular weight is 442 g/mol. The Hall–Kier alpha value is -3.33. The zero-order chi connectivity index (χ0) is 22.3. The van der Waals surface area contributed by atoms with Gasteiger partial charge < -0.3 is 14.8 Å². The quantitative estimate of drug-likeness (QED) is 0.472. The standard InChI is InChI=1S/C23H21F3N4O2/c1-14-15(3-2-4-19(14)23(24,25)26)12-28-21-18-11-16(32-17-7-10-31-13-17)5-6-20(18)30-9-8-27-22(30)29-21/h2-6,8-9,11,17H,7,10,12-13H2,1H3,(H,27,28,29). The second kappa shape index (κ2) is 7.98. The number of rotatable bonds is 5. The first-order valence-corrected chi connectivity index (χ1v) is 10.3. The van der Waals surface area contributed by atoms with Crippen molar-refractivity contribution in [1.82, 2.24) is 14.4 Å². The Labute approximate surface area is 182 Å². The zero-order valence-electron chi connectivity index (χ0n) is 17.3. The summed E-state index contributed by atoms with van der Waals surface area (Å²) in [4.78, 5) is 8.86. The van der Waals surface area contributed by atoms with Crippen LogP contribution in [0.3, 0.4) is 0 Å². The lowest BCUT2D eigenvalue weighted by Crippen LogP contribution is -2.15. The van der Waals surface area contributed by atoms with Gasteiger partial charge in [0.05, 0.1) is 24.3 Å². The molecule has 1 N–H and O–H groups in total. The molecule has 2 aromatic carbocycles. The molecular formula is C23H21F3N4O2. The van der Waals surface area contributed by atoms with Crippen molar-refractivity contribution in [3.8, 4) is 5.75 Å². The van der Waals surface area contributed by atoms with Gasteiger partial charge in [-0.1, -0.05) is 12.1 Å². The van der Waals surface area contributed by atoms with Crippen LogP contribution < -0.4 is 10.1 Å². The van der Waals surface area contributed by atoms with Crippen LogP contribution >= 0.6 is 0 Å². The van der Waals surface area contributed by atoms with E-state index in [0.717, 1.165) is 23.4 Å². The van der Waals surface area contributed by atoms with Crippen molar-refractivity contribution < 1.29 is 22.6 Å². The predicted octanol–water partition coefficient (Wildman–Crippen LogP) is 4.99. The molecule has 1 saturated heterocycles. The van der Waals surface area contributed by atoms with Crippen molar-refractivity contribution in [1.29, 1.82) is 0 Å². The molecule has 0 spiro atoms. The second-order valence-corrected chi connectivity index (χ2v) is 7.78. The number of alkyl halides is 3. The molecule has 3 heterocycles. The Morgan fingerprint density at radius 1 is 1.25 bits per heavy atom. The molecule has 0 aliphatic carbocycles. The fourth-order valence-corrected chi connectivity index (χ4v) is 4.01. The number of hydrogen-bond donors (Lipinski definition) is 1. The maximum Gasteiger partial charge on any atom is 0.416 e. The lowest BCUT2D eigenvalue weighted by atomic mass is 10.0. The molecule has 4 aromatic rings. The highest BCUT2D eigenvalue weighted by atomic mass is 19.4. The second-order valence-electron chi connectivity index (χ2n) is 7.78. The van der Waals surface area contributed by atoms with Crippen molar-refractivity contribution in [2.75, 3.05) is 18.5 Å². The molecule has 1 atom stereocenters. The highest BCUT2D eigenvalue weighted by molar-refractivity contribution is 5.92. The van der Waals surface area contributed by atoms with E-state index in [4.69, 9.17) is 9.47 Å². The van der Waals surface area contributed by atoms with Crippen molar-refractivity contribution in [3.05, 3.63) is 65.5 Å². The topological polar surface area (TPSA) is 60.7 Å². The molecule has 0 amide bonds. The van der Waals surface area contributed by atoms with Crippen LogP contribution in [-0.4, -0.2) is 33.7 Å². The van der Waals surface area contributed by atoms with Gasteiger partial charge in [-0.3, -0.25) is 4.40 Å². The fourth-order valence-electron chi connectivity index (χ4n) is 4.01. The molecule has 1 aliphatic heterocycles. The van der Waals surface area contributed by atoms with Crippen molar-refractivity contribution in [3.63, 3.8) is 0 Å². The molecule has 0 radical (unpaired) electrons. The highest BCUT2D eigenvalue weighted by Gasteiger charge is 2.32. The summed E-state index contributed by atoms with van der Waals surface area (Å²) in [6.45, 7) is 2.91. The number of imidazole rings is 1. The van der Waals surface area contributed by atoms with Crippen molar-refractivity contribution in [2.24, 2.45) is 0 Å². The van der Waals surface area contributed by atoms with Crippen molar-refractivity contribution >= 4 is 22.5 Å². The van der Waals surface area contributed by atoms with Crippen LogP contribution in [-0.2, 0) is 17.5 Å². The maximum atomic E-state index is 13.3. The Kier molecular flexibility index (Phi) is 5.13. The molecule has 166 valence electrons. The number of ether oxygens (including phenoxy) is 2. The van der Waals surface area contributed by atoms with Gasteiger partial charge in [0.2, 0.25) is 5.78 Å². The van der Waals surface area contributed by atoms with E-state index in [1.54, 1.807) is 12.3 Å². The third kappa shape index (κ3) is 3.84. The number of anilines is 1. The Balaban J connectivity index is 1.51. The zero-order valence-corrected chi connectivity index (χ0v) is 17.3. The third-order valence-electron chi connectivity index (χ3n) is 5.70. The van der Waals surface area contributed by atoms with E-state index in [1.165, 1.54) is 13.0 Å². The van der Waals surface area contributed by atoms with Crippen LogP contribution in [0.1, 0.15) is 23.1 Å². The van der Waals surface area contributed by atoms with Crippen molar-refractivity contribution in [2.45, 2.75) is 32.2 Å². The van der Waals surface area contributed by atoms with Crippen LogP contribution in [0, 0.1) is 6.92 Å². The van der Waals surface area contributed by atoms with E-state index in [0.29, 0.717) is 36.1 Å². The van der Waals surface area contributed by atoms with Crippen LogP contribution in [0.2, 0.25) is 0 Å². The number of nitrogens with zero attached hydrogens (tertiary/aromatic N) is 3. The number of benzene rings is 2. The summed E-state index contributed by atoms with van der Waals surface area (Å²) in [5.74, 6) is 1.72. The molecule has 1 aliphatic rings. The van der Waals surface area contributed by atoms with Gasteiger partial charge in [0, 0.05) is 30.7 Å². The van der Waals surface area contributed by atoms with E-state index in [1.807, 2.05) is 28.8 Å². The SMILES string of the molecule is Cc1c(CNc2nc3nccn3c3ccc(OC4CCOC4)cc23)cccc1C(F)(F)F. The van der Waals surface area contributed by atoms with Crippen LogP contribution in [0.5, 0.6) is 5.75 Å². The Morgan fingerprint density at radius 2 is 2.12 bits per heavy atom. The van der Waals surface area contributed by atoms with E-state index in [2.05, 4.69) is 15.3 Å². The van der Waals surface area contributed by atoms with E-state index < -0.39 is 11.7 Å². The lowest BCUT2D eigenvalue weighted by molar-refractivity contribution is -0.138. The summed E-state index contributed by atoms with van der Waals surface area (Å²) in [6.07, 6.45) is -0.0895. The molecule has 1 unspecified atom stereocenters. The Bertz CT molecular complexity index is 1280. The first-order chi connectivity index (χ1) is 15.4. The summed E-state index contributed by atoms with van der Waals surface area (Å²) < 4.78 is 53.1. The predicted molar refractivity (Wildman–Crippen MR) is 114 cm³/mol. The van der Waals surface area contributed by atoms with Gasteiger partial charge in [-0.25, -0.2) is 4.98 Å². The van der Waals surface area contributed by atoms with E-state index in [-0.39, 0.29) is 18.2 Å². The maximum absolute atomic E-state index is 13.3. The largest absolute Gasteiger partial charge is 0.488 e. The molecule has 0 bridgehead atoms. The molecule has 1 fully saturated rings. The van der Waals surface area contributed by atoms with Crippen LogP contribution in [0.25, 0.3) is 16.7 Å². The Morgan fingerprint density at radius 3 is 2.91 bits per heavy atom. The van der Waals surface area contributed by atoms with Gasteiger partial charge in [0.25, 0.3) is 0 Å². The minimum absolute atomic E-state index is 0.00144. The molecule has 0 saturated carbocycles. The van der Waals surface area contributed by atoms with Gasteiger partial charge in [-0.05, 0) is 42.3 Å². The summed E-state index contributed by atoms with van der Waals surface area (Å²) in [5, 5.41) is 4.00. The summed E-state index contributed by atoms with van der Waals surface area (Å²) >= 11 is 0. The molecule has 32 heavy (non-hydrogen) atoms. The van der Waals surface area contributed by atoms with E-state index in [9.17, 15) is 13.2 Å². The van der Waals surface area contributed by atoms with E-state index >= 15 is 0 Å². The minimum Gasteiger partial charge on any atom is -0.488 e. The first-order valence-electron chi connectivity index (χ1n) is 10.3. The van der Waals surface area contributed by atoms with Gasteiger partial charge in [0.1, 0.15) is 17.7 Å². The van der Waals surface area contributed by atoms with Gasteiger partial charge in [-0.15, -0.1) is 0 Å². The smallest absolute Gasteiger partial charge is 0.416 e. The summed E-state index contributed by atoms with van der Waals surface area (Å²) in [7, 11) is 0. The monoisotopic (exact) mass is 442 g/mol. The number of halogens is 3. The molecule has 5 rings (SSSR count). The number of fused-ring (bicyclic) bond motifs is 3. The number of aromatic nitrogens is 3.